The number of rotatable bonds is 8. The van der Waals surface area contributed by atoms with Crippen LogP contribution in [0.25, 0.3) is 0 Å². The Labute approximate surface area is 149 Å². The number of nitrogens with one attached hydrogen (secondary N) is 1. The van der Waals surface area contributed by atoms with Crippen LogP contribution in [0.4, 0.5) is 0 Å². The van der Waals surface area contributed by atoms with Gasteiger partial charge in [0.1, 0.15) is 0 Å². The van der Waals surface area contributed by atoms with Crippen molar-refractivity contribution in [2.75, 3.05) is 19.6 Å². The third-order valence-electron chi connectivity index (χ3n) is 4.52. The number of ether oxygens (including phenoxy) is 1. The van der Waals surface area contributed by atoms with E-state index in [0.29, 0.717) is 19.7 Å². The van der Waals surface area contributed by atoms with Crippen molar-refractivity contribution < 1.29 is 14.3 Å². The van der Waals surface area contributed by atoms with Gasteiger partial charge in [0.25, 0.3) is 0 Å². The molecule has 6 heteroatoms. The molecule has 6 nitrogen and oxygen atoms in total. The van der Waals surface area contributed by atoms with Crippen LogP contribution in [0, 0.1) is 5.92 Å². The van der Waals surface area contributed by atoms with Crippen LogP contribution in [0.5, 0.6) is 0 Å². The molecule has 0 radical (unpaired) electrons. The standard InChI is InChI=1S/C19H29N3O3/c1-14(2)25-13-17-6-4-3-5-16(17)11-21-18(23)12-22-9-7-15(8-10-22)19(20)24/h3-6,14-15H,7-13H2,1-2H3,(H2,20,24)(H,21,23). The van der Waals surface area contributed by atoms with Crippen LogP contribution in [0.15, 0.2) is 24.3 Å². The van der Waals surface area contributed by atoms with Gasteiger partial charge in [-0.25, -0.2) is 0 Å². The molecule has 0 unspecified atom stereocenters. The molecule has 1 fully saturated rings. The molecule has 1 aliphatic rings. The molecule has 2 rings (SSSR count). The molecule has 1 heterocycles. The Kier molecular flexibility index (Phi) is 7.40. The first-order chi connectivity index (χ1) is 12.0. The molecule has 1 aliphatic heterocycles. The summed E-state index contributed by atoms with van der Waals surface area (Å²) >= 11 is 0. The first-order valence-electron chi connectivity index (χ1n) is 8.92. The van der Waals surface area contributed by atoms with Crippen LogP contribution in [0.1, 0.15) is 37.8 Å². The van der Waals surface area contributed by atoms with Gasteiger partial charge in [-0.2, -0.15) is 0 Å². The first kappa shape index (κ1) is 19.4. The van der Waals surface area contributed by atoms with Crippen LogP contribution in [-0.4, -0.2) is 42.5 Å². The van der Waals surface area contributed by atoms with Crippen LogP contribution in [-0.2, 0) is 27.5 Å². The van der Waals surface area contributed by atoms with E-state index < -0.39 is 0 Å². The van der Waals surface area contributed by atoms with Gasteiger partial charge in [-0.15, -0.1) is 0 Å². The van der Waals surface area contributed by atoms with Crippen molar-refractivity contribution in [1.29, 1.82) is 0 Å². The predicted octanol–water partition coefficient (Wildman–Crippen LogP) is 1.43. The SMILES string of the molecule is CC(C)OCc1ccccc1CNC(=O)CN1CCC(C(N)=O)CC1. The summed E-state index contributed by atoms with van der Waals surface area (Å²) in [5.74, 6) is -0.284. The Balaban J connectivity index is 1.78. The largest absolute Gasteiger partial charge is 0.374 e. The molecule has 1 aromatic rings. The van der Waals surface area contributed by atoms with Crippen molar-refractivity contribution in [1.82, 2.24) is 10.2 Å². The normalized spacial score (nSPS) is 16.1. The Bertz CT molecular complexity index is 581. The second-order valence-corrected chi connectivity index (χ2v) is 6.86. The van der Waals surface area contributed by atoms with E-state index in [9.17, 15) is 9.59 Å². The third-order valence-corrected chi connectivity index (χ3v) is 4.52. The van der Waals surface area contributed by atoms with E-state index in [-0.39, 0.29) is 23.8 Å². The van der Waals surface area contributed by atoms with Gasteiger partial charge < -0.3 is 15.8 Å². The van der Waals surface area contributed by atoms with Gasteiger partial charge in [0.05, 0.1) is 19.3 Å². The number of amides is 2. The average molecular weight is 347 g/mol. The summed E-state index contributed by atoms with van der Waals surface area (Å²) in [6.07, 6.45) is 1.64. The Hall–Kier alpha value is -1.92. The van der Waals surface area contributed by atoms with E-state index in [1.807, 2.05) is 38.1 Å². The molecule has 3 N–H and O–H groups in total. The molecule has 0 atom stereocenters. The monoisotopic (exact) mass is 347 g/mol. The maximum Gasteiger partial charge on any atom is 0.234 e. The third kappa shape index (κ3) is 6.48. The predicted molar refractivity (Wildman–Crippen MR) is 96.6 cm³/mol. The second-order valence-electron chi connectivity index (χ2n) is 6.86. The number of benzene rings is 1. The molecule has 0 saturated carbocycles. The Morgan fingerprint density at radius 3 is 2.48 bits per heavy atom. The minimum atomic E-state index is -0.232. The summed E-state index contributed by atoms with van der Waals surface area (Å²) < 4.78 is 5.67. The van der Waals surface area contributed by atoms with Crippen LogP contribution < -0.4 is 11.1 Å². The zero-order valence-corrected chi connectivity index (χ0v) is 15.2. The van der Waals surface area contributed by atoms with Crippen molar-refractivity contribution in [2.24, 2.45) is 11.7 Å². The van der Waals surface area contributed by atoms with E-state index in [2.05, 4.69) is 10.2 Å². The summed E-state index contributed by atoms with van der Waals surface area (Å²) in [7, 11) is 0. The minimum Gasteiger partial charge on any atom is -0.374 e. The lowest BCUT2D eigenvalue weighted by molar-refractivity contribution is -0.124. The maximum absolute atomic E-state index is 12.2. The zero-order valence-electron chi connectivity index (χ0n) is 15.2. The van der Waals surface area contributed by atoms with Crippen LogP contribution in [0.2, 0.25) is 0 Å². The molecule has 138 valence electrons. The number of carbonyl (C=O) groups excluding carboxylic acids is 2. The highest BCUT2D eigenvalue weighted by molar-refractivity contribution is 5.78. The molecule has 0 bridgehead atoms. The highest BCUT2D eigenvalue weighted by Crippen LogP contribution is 2.16. The van der Waals surface area contributed by atoms with Crippen molar-refractivity contribution in [3.8, 4) is 0 Å². The number of nitrogens with zero attached hydrogens (tertiary/aromatic N) is 1. The smallest absolute Gasteiger partial charge is 0.234 e. The zero-order chi connectivity index (χ0) is 18.2. The number of hydrogen-bond donors (Lipinski definition) is 2. The number of piperidine rings is 1. The maximum atomic E-state index is 12.2. The molecule has 0 spiro atoms. The van der Waals surface area contributed by atoms with E-state index in [1.165, 1.54) is 0 Å². The van der Waals surface area contributed by atoms with Gasteiger partial charge in [0.2, 0.25) is 11.8 Å². The minimum absolute atomic E-state index is 0.00268. The number of primary amides is 1. The van der Waals surface area contributed by atoms with Crippen LogP contribution in [0.3, 0.4) is 0 Å². The lowest BCUT2D eigenvalue weighted by Crippen LogP contribution is -2.43. The molecule has 25 heavy (non-hydrogen) atoms. The fourth-order valence-electron chi connectivity index (χ4n) is 2.96. The van der Waals surface area contributed by atoms with Gasteiger partial charge in [-0.3, -0.25) is 14.5 Å². The Morgan fingerprint density at radius 2 is 1.88 bits per heavy atom. The summed E-state index contributed by atoms with van der Waals surface area (Å²) in [4.78, 5) is 25.5. The van der Waals surface area contributed by atoms with Crippen molar-refractivity contribution in [3.05, 3.63) is 35.4 Å². The van der Waals surface area contributed by atoms with E-state index in [0.717, 1.165) is 37.1 Å². The van der Waals surface area contributed by atoms with Gasteiger partial charge in [0, 0.05) is 12.5 Å². The molecule has 2 amide bonds. The quantitative estimate of drug-likeness (QED) is 0.745. The van der Waals surface area contributed by atoms with Gasteiger partial charge in [0.15, 0.2) is 0 Å². The van der Waals surface area contributed by atoms with E-state index in [1.54, 1.807) is 0 Å². The summed E-state index contributed by atoms with van der Waals surface area (Å²) in [5.41, 5.74) is 7.51. The number of nitrogens with two attached hydrogens (primary N) is 1. The van der Waals surface area contributed by atoms with E-state index >= 15 is 0 Å². The fraction of sp³-hybridized carbons (Fsp3) is 0.579. The molecular formula is C19H29N3O3. The lowest BCUT2D eigenvalue weighted by atomic mass is 9.96. The molecule has 1 saturated heterocycles. The van der Waals surface area contributed by atoms with Gasteiger partial charge in [-0.05, 0) is 50.9 Å². The number of carbonyl (C=O) groups is 2. The highest BCUT2D eigenvalue weighted by Gasteiger charge is 2.24. The van der Waals surface area contributed by atoms with Crippen molar-refractivity contribution >= 4 is 11.8 Å². The summed E-state index contributed by atoms with van der Waals surface area (Å²) in [6, 6.07) is 7.98. The summed E-state index contributed by atoms with van der Waals surface area (Å²) in [6.45, 7) is 6.88. The highest BCUT2D eigenvalue weighted by atomic mass is 16.5. The summed E-state index contributed by atoms with van der Waals surface area (Å²) in [5, 5.41) is 2.98. The average Bonchev–Trinajstić information content (AvgIpc) is 2.59. The van der Waals surface area contributed by atoms with Crippen molar-refractivity contribution in [3.63, 3.8) is 0 Å². The number of likely N-dealkylation sites (tertiary alicyclic amines) is 1. The van der Waals surface area contributed by atoms with E-state index in [4.69, 9.17) is 10.5 Å². The second kappa shape index (κ2) is 9.53. The molecule has 1 aromatic carbocycles. The van der Waals surface area contributed by atoms with Gasteiger partial charge in [-0.1, -0.05) is 24.3 Å². The van der Waals surface area contributed by atoms with Gasteiger partial charge >= 0.3 is 0 Å². The lowest BCUT2D eigenvalue weighted by Gasteiger charge is -2.29. The van der Waals surface area contributed by atoms with Crippen molar-refractivity contribution in [2.45, 2.75) is 45.9 Å². The fourth-order valence-corrected chi connectivity index (χ4v) is 2.96. The van der Waals surface area contributed by atoms with Crippen LogP contribution >= 0.6 is 0 Å². The Morgan fingerprint density at radius 1 is 1.24 bits per heavy atom. The molecule has 0 aliphatic carbocycles. The topological polar surface area (TPSA) is 84.7 Å². The molecule has 0 aromatic heterocycles. The number of hydrogen-bond acceptors (Lipinski definition) is 4. The molecular weight excluding hydrogens is 318 g/mol. The first-order valence-corrected chi connectivity index (χ1v) is 8.92.